The van der Waals surface area contributed by atoms with E-state index < -0.39 is 0 Å². The van der Waals surface area contributed by atoms with Crippen LogP contribution in [0.15, 0.2) is 0 Å². The quantitative estimate of drug-likeness (QED) is 0.505. The van der Waals surface area contributed by atoms with Crippen molar-refractivity contribution in [1.29, 1.82) is 0 Å². The molecule has 1 fully saturated rings. The van der Waals surface area contributed by atoms with Gasteiger partial charge in [-0.2, -0.15) is 0 Å². The predicted molar refractivity (Wildman–Crippen MR) is 27.8 cm³/mol. The standard InChI is InChI=1S/C5H8NO2/c7-4-5-1-2-8-6-3-5/h5-6H,1-3H2. The molecule has 0 aliphatic carbocycles. The van der Waals surface area contributed by atoms with Gasteiger partial charge in [-0.25, -0.2) is 5.48 Å². The fourth-order valence-electron chi connectivity index (χ4n) is 0.636. The van der Waals surface area contributed by atoms with Crippen LogP contribution < -0.4 is 5.48 Å². The minimum atomic E-state index is 0.0451. The molecule has 1 aliphatic rings. The Morgan fingerprint density at radius 1 is 1.75 bits per heavy atom. The minimum Gasteiger partial charge on any atom is -0.302 e. The second-order valence-electron chi connectivity index (χ2n) is 1.80. The fraction of sp³-hybridized carbons (Fsp3) is 0.800. The Bertz CT molecular complexity index is 78.5. The van der Waals surface area contributed by atoms with E-state index in [0.717, 1.165) is 6.42 Å². The van der Waals surface area contributed by atoms with Crippen molar-refractivity contribution in [3.05, 3.63) is 0 Å². The smallest absolute Gasteiger partial charge is 0.203 e. The zero-order valence-electron chi connectivity index (χ0n) is 4.52. The molecule has 1 atom stereocenters. The molecule has 3 heteroatoms. The highest BCUT2D eigenvalue weighted by molar-refractivity contribution is 5.54. The predicted octanol–water partition coefficient (Wildman–Crippen LogP) is -0.363. The van der Waals surface area contributed by atoms with E-state index in [4.69, 9.17) is 4.84 Å². The molecule has 0 spiro atoms. The van der Waals surface area contributed by atoms with Crippen LogP contribution in [-0.4, -0.2) is 19.4 Å². The normalized spacial score (nSPS) is 29.8. The number of nitrogens with one attached hydrogen (secondary N) is 1. The Kier molecular flexibility index (Phi) is 2.00. The second kappa shape index (κ2) is 2.79. The second-order valence-corrected chi connectivity index (χ2v) is 1.80. The summed E-state index contributed by atoms with van der Waals surface area (Å²) in [6, 6.07) is 0. The molecule has 8 heavy (non-hydrogen) atoms. The van der Waals surface area contributed by atoms with Gasteiger partial charge in [0.05, 0.1) is 6.61 Å². The van der Waals surface area contributed by atoms with Crippen molar-refractivity contribution in [3.8, 4) is 0 Å². The first kappa shape index (κ1) is 5.72. The van der Waals surface area contributed by atoms with Crippen molar-refractivity contribution in [3.63, 3.8) is 0 Å². The van der Waals surface area contributed by atoms with Gasteiger partial charge in [0.1, 0.15) is 0 Å². The van der Waals surface area contributed by atoms with Crippen LogP contribution in [0.3, 0.4) is 0 Å². The largest absolute Gasteiger partial charge is 0.302 e. The monoisotopic (exact) mass is 114 g/mol. The first-order chi connectivity index (χ1) is 3.93. The fourth-order valence-corrected chi connectivity index (χ4v) is 0.636. The molecule has 1 saturated heterocycles. The van der Waals surface area contributed by atoms with E-state index >= 15 is 0 Å². The lowest BCUT2D eigenvalue weighted by Gasteiger charge is -2.15. The van der Waals surface area contributed by atoms with Crippen LogP contribution in [0, 0.1) is 5.92 Å². The molecule has 45 valence electrons. The van der Waals surface area contributed by atoms with E-state index in [1.54, 1.807) is 0 Å². The molecule has 1 heterocycles. The van der Waals surface area contributed by atoms with Crippen molar-refractivity contribution in [2.75, 3.05) is 13.2 Å². The van der Waals surface area contributed by atoms with Crippen LogP contribution in [0.2, 0.25) is 0 Å². The molecule has 0 aromatic rings. The zero-order chi connectivity index (χ0) is 5.82. The molecule has 0 amide bonds. The summed E-state index contributed by atoms with van der Waals surface area (Å²) in [5, 5.41) is 0. The molecule has 0 bridgehead atoms. The lowest BCUT2D eigenvalue weighted by molar-refractivity contribution is 0.00162. The van der Waals surface area contributed by atoms with Crippen LogP contribution in [0.1, 0.15) is 6.42 Å². The lowest BCUT2D eigenvalue weighted by atomic mass is 10.1. The molecular formula is C5H8NO2. The van der Waals surface area contributed by atoms with Crippen LogP contribution in [0.25, 0.3) is 0 Å². The highest BCUT2D eigenvalue weighted by atomic mass is 16.6. The number of hydrogen-bond acceptors (Lipinski definition) is 3. The molecule has 1 radical (unpaired) electrons. The number of hydroxylamine groups is 1. The zero-order valence-corrected chi connectivity index (χ0v) is 4.52. The summed E-state index contributed by atoms with van der Waals surface area (Å²) in [5.74, 6) is 0.0451. The molecule has 1 unspecified atom stereocenters. The van der Waals surface area contributed by atoms with Gasteiger partial charge in [-0.1, -0.05) is 0 Å². The van der Waals surface area contributed by atoms with E-state index in [1.807, 2.05) is 6.29 Å². The third-order valence-electron chi connectivity index (χ3n) is 1.17. The highest BCUT2D eigenvalue weighted by Gasteiger charge is 2.11. The van der Waals surface area contributed by atoms with Crippen molar-refractivity contribution in [2.24, 2.45) is 5.92 Å². The van der Waals surface area contributed by atoms with Gasteiger partial charge >= 0.3 is 0 Å². The summed E-state index contributed by atoms with van der Waals surface area (Å²) in [7, 11) is 0. The van der Waals surface area contributed by atoms with E-state index in [9.17, 15) is 4.79 Å². The first-order valence-electron chi connectivity index (χ1n) is 2.66. The Hall–Kier alpha value is -0.410. The van der Waals surface area contributed by atoms with Gasteiger partial charge in [0.25, 0.3) is 0 Å². The number of rotatable bonds is 1. The van der Waals surface area contributed by atoms with Gasteiger partial charge in [0.15, 0.2) is 0 Å². The Balaban J connectivity index is 2.22. The van der Waals surface area contributed by atoms with Gasteiger partial charge in [0, 0.05) is 12.5 Å². The maximum Gasteiger partial charge on any atom is 0.203 e. The topological polar surface area (TPSA) is 38.3 Å². The molecule has 0 aromatic carbocycles. The van der Waals surface area contributed by atoms with E-state index in [2.05, 4.69) is 5.48 Å². The maximum atomic E-state index is 9.94. The molecule has 0 saturated carbocycles. The van der Waals surface area contributed by atoms with Crippen molar-refractivity contribution >= 4 is 6.29 Å². The summed E-state index contributed by atoms with van der Waals surface area (Å²) in [5.41, 5.74) is 2.62. The highest BCUT2D eigenvalue weighted by Crippen LogP contribution is 2.01. The van der Waals surface area contributed by atoms with E-state index in [-0.39, 0.29) is 5.92 Å². The first-order valence-corrected chi connectivity index (χ1v) is 2.66. The molecule has 1 N–H and O–H groups in total. The Morgan fingerprint density at radius 3 is 3.00 bits per heavy atom. The molecule has 3 nitrogen and oxygen atoms in total. The average Bonchev–Trinajstić information content (AvgIpc) is 1.90. The number of hydrogen-bond donors (Lipinski definition) is 1. The van der Waals surface area contributed by atoms with Crippen LogP contribution >= 0.6 is 0 Å². The van der Waals surface area contributed by atoms with Gasteiger partial charge in [-0.3, -0.25) is 4.79 Å². The summed E-state index contributed by atoms with van der Waals surface area (Å²) in [4.78, 5) is 14.7. The number of carbonyl (C=O) groups excluding carboxylic acids is 1. The van der Waals surface area contributed by atoms with Crippen molar-refractivity contribution in [1.82, 2.24) is 5.48 Å². The molecule has 1 aliphatic heterocycles. The summed E-state index contributed by atoms with van der Waals surface area (Å²) in [6.45, 7) is 1.24. The van der Waals surface area contributed by atoms with Crippen LogP contribution in [-0.2, 0) is 9.63 Å². The van der Waals surface area contributed by atoms with Crippen LogP contribution in [0.5, 0.6) is 0 Å². The molecular weight excluding hydrogens is 106 g/mol. The summed E-state index contributed by atoms with van der Waals surface area (Å²) in [6.07, 6.45) is 2.71. The summed E-state index contributed by atoms with van der Waals surface area (Å²) >= 11 is 0. The van der Waals surface area contributed by atoms with E-state index in [1.165, 1.54) is 0 Å². The van der Waals surface area contributed by atoms with Crippen molar-refractivity contribution in [2.45, 2.75) is 6.42 Å². The Morgan fingerprint density at radius 2 is 2.62 bits per heavy atom. The summed E-state index contributed by atoms with van der Waals surface area (Å²) < 4.78 is 0. The van der Waals surface area contributed by atoms with Gasteiger partial charge in [-0.15, -0.1) is 0 Å². The third kappa shape index (κ3) is 1.28. The van der Waals surface area contributed by atoms with Gasteiger partial charge < -0.3 is 4.84 Å². The van der Waals surface area contributed by atoms with Gasteiger partial charge in [-0.05, 0) is 6.42 Å². The average molecular weight is 114 g/mol. The third-order valence-corrected chi connectivity index (χ3v) is 1.17. The SMILES string of the molecule is O=[C]C1CCONC1. The molecule has 0 aromatic heterocycles. The lowest BCUT2D eigenvalue weighted by Crippen LogP contribution is -2.31. The maximum absolute atomic E-state index is 9.94. The van der Waals surface area contributed by atoms with E-state index in [0.29, 0.717) is 13.2 Å². The van der Waals surface area contributed by atoms with Crippen molar-refractivity contribution < 1.29 is 9.63 Å². The van der Waals surface area contributed by atoms with Crippen LogP contribution in [0.4, 0.5) is 0 Å². The van der Waals surface area contributed by atoms with Gasteiger partial charge in [0.2, 0.25) is 6.29 Å². The minimum absolute atomic E-state index is 0.0451. The molecule has 1 rings (SSSR count). The Labute approximate surface area is 48.0 Å².